The number of benzene rings is 2. The van der Waals surface area contributed by atoms with E-state index < -0.39 is 0 Å². The average molecular weight is 424 g/mol. The molecule has 1 amide bonds. The summed E-state index contributed by atoms with van der Waals surface area (Å²) in [6.45, 7) is 7.95. The third kappa shape index (κ3) is 4.55. The molecule has 0 saturated carbocycles. The van der Waals surface area contributed by atoms with Crippen molar-refractivity contribution in [2.24, 2.45) is 5.92 Å². The predicted molar refractivity (Wildman–Crippen MR) is 124 cm³/mol. The number of rotatable bonds is 6. The molecule has 0 radical (unpaired) electrons. The van der Waals surface area contributed by atoms with Crippen molar-refractivity contribution in [2.75, 3.05) is 13.1 Å². The van der Waals surface area contributed by atoms with Gasteiger partial charge in [0.15, 0.2) is 0 Å². The van der Waals surface area contributed by atoms with Crippen molar-refractivity contribution in [3.63, 3.8) is 0 Å². The van der Waals surface area contributed by atoms with Gasteiger partial charge < -0.3 is 9.88 Å². The second-order valence-corrected chi connectivity index (χ2v) is 8.73. The van der Waals surface area contributed by atoms with Crippen molar-refractivity contribution in [1.29, 1.82) is 0 Å². The highest BCUT2D eigenvalue weighted by molar-refractivity contribution is 6.31. The zero-order valence-electron chi connectivity index (χ0n) is 17.8. The minimum Gasteiger partial charge on any atom is -0.349 e. The van der Waals surface area contributed by atoms with Crippen molar-refractivity contribution in [3.8, 4) is 0 Å². The number of aromatic nitrogens is 1. The quantitative estimate of drug-likeness (QED) is 0.576. The number of carbonyl (C=O) groups excluding carboxylic acids is 1. The number of piperidine rings is 1. The molecule has 2 heterocycles. The van der Waals surface area contributed by atoms with Gasteiger partial charge in [-0.25, -0.2) is 0 Å². The Balaban J connectivity index is 1.35. The molecule has 0 spiro atoms. The molecule has 158 valence electrons. The number of fused-ring (bicyclic) bond motifs is 1. The van der Waals surface area contributed by atoms with E-state index in [0.29, 0.717) is 0 Å². The number of nitrogens with one attached hydrogen (secondary N) is 1. The van der Waals surface area contributed by atoms with Crippen molar-refractivity contribution < 1.29 is 4.79 Å². The van der Waals surface area contributed by atoms with Crippen LogP contribution in [0.15, 0.2) is 54.7 Å². The molecule has 1 aliphatic heterocycles. The number of hydrogen-bond acceptors (Lipinski definition) is 2. The standard InChI is InChI=1S/C25H30ClN3O/c1-3-29-17-21(23-15-22(26)9-10-24(23)29)16-28-13-11-20(12-14-28)25(30)27-18(2)19-7-5-4-6-8-19/h4-10,15,17-18,20H,3,11-14,16H2,1-2H3,(H,27,30)/t18-/m1/s1. The third-order valence-corrected chi connectivity index (χ3v) is 6.51. The van der Waals surface area contributed by atoms with Crippen LogP contribution in [0.3, 0.4) is 0 Å². The summed E-state index contributed by atoms with van der Waals surface area (Å²) < 4.78 is 2.28. The molecule has 1 fully saturated rings. The molecule has 1 aromatic heterocycles. The lowest BCUT2D eigenvalue weighted by molar-refractivity contribution is -0.127. The molecule has 5 heteroatoms. The van der Waals surface area contributed by atoms with Crippen molar-refractivity contribution in [1.82, 2.24) is 14.8 Å². The first-order valence-electron chi connectivity index (χ1n) is 10.9. The maximum Gasteiger partial charge on any atom is 0.223 e. The van der Waals surface area contributed by atoms with Crippen LogP contribution < -0.4 is 5.32 Å². The molecule has 4 rings (SSSR count). The summed E-state index contributed by atoms with van der Waals surface area (Å²) in [5.74, 6) is 0.277. The molecular weight excluding hydrogens is 394 g/mol. The molecule has 0 unspecified atom stereocenters. The molecule has 1 aliphatic rings. The zero-order valence-corrected chi connectivity index (χ0v) is 18.5. The first-order valence-corrected chi connectivity index (χ1v) is 11.3. The van der Waals surface area contributed by atoms with E-state index in [1.54, 1.807) is 0 Å². The van der Waals surface area contributed by atoms with Gasteiger partial charge in [0.25, 0.3) is 0 Å². The van der Waals surface area contributed by atoms with Crippen LogP contribution in [0.2, 0.25) is 5.02 Å². The molecule has 3 aromatic rings. The number of amides is 1. The van der Waals surface area contributed by atoms with Gasteiger partial charge in [0, 0.05) is 41.1 Å². The van der Waals surface area contributed by atoms with Gasteiger partial charge >= 0.3 is 0 Å². The van der Waals surface area contributed by atoms with Gasteiger partial charge in [0.2, 0.25) is 5.91 Å². The molecule has 0 bridgehead atoms. The van der Waals surface area contributed by atoms with Gasteiger partial charge in [-0.3, -0.25) is 9.69 Å². The molecular formula is C25H30ClN3O. The maximum atomic E-state index is 12.8. The Bertz CT molecular complexity index is 1010. The van der Waals surface area contributed by atoms with Crippen LogP contribution in [0.1, 0.15) is 43.9 Å². The highest BCUT2D eigenvalue weighted by Crippen LogP contribution is 2.28. The van der Waals surface area contributed by atoms with Gasteiger partial charge in [0.05, 0.1) is 6.04 Å². The van der Waals surface area contributed by atoms with Crippen LogP contribution in [0, 0.1) is 5.92 Å². The van der Waals surface area contributed by atoms with Gasteiger partial charge in [0.1, 0.15) is 0 Å². The van der Waals surface area contributed by atoms with E-state index in [9.17, 15) is 4.79 Å². The van der Waals surface area contributed by atoms with E-state index in [1.165, 1.54) is 16.5 Å². The Morgan fingerprint density at radius 3 is 2.60 bits per heavy atom. The van der Waals surface area contributed by atoms with Crippen molar-refractivity contribution >= 4 is 28.4 Å². The second-order valence-electron chi connectivity index (χ2n) is 8.29. The van der Waals surface area contributed by atoms with Crippen LogP contribution in [0.25, 0.3) is 10.9 Å². The number of nitrogens with zero attached hydrogens (tertiary/aromatic N) is 2. The van der Waals surface area contributed by atoms with E-state index in [2.05, 4.69) is 59.1 Å². The zero-order chi connectivity index (χ0) is 21.1. The molecule has 2 aromatic carbocycles. The predicted octanol–water partition coefficient (Wildman–Crippen LogP) is 5.40. The number of hydrogen-bond donors (Lipinski definition) is 1. The van der Waals surface area contributed by atoms with Crippen LogP contribution in [0.5, 0.6) is 0 Å². The average Bonchev–Trinajstić information content (AvgIpc) is 3.11. The van der Waals surface area contributed by atoms with Gasteiger partial charge in [-0.05, 0) is 69.1 Å². The van der Waals surface area contributed by atoms with Gasteiger partial charge in [-0.1, -0.05) is 41.9 Å². The largest absolute Gasteiger partial charge is 0.349 e. The second kappa shape index (κ2) is 9.23. The Morgan fingerprint density at radius 1 is 1.17 bits per heavy atom. The van der Waals surface area contributed by atoms with Crippen LogP contribution >= 0.6 is 11.6 Å². The summed E-state index contributed by atoms with van der Waals surface area (Å²) in [7, 11) is 0. The highest BCUT2D eigenvalue weighted by atomic mass is 35.5. The number of aryl methyl sites for hydroxylation is 1. The lowest BCUT2D eigenvalue weighted by atomic mass is 9.95. The van der Waals surface area contributed by atoms with Gasteiger partial charge in [-0.15, -0.1) is 0 Å². The highest BCUT2D eigenvalue weighted by Gasteiger charge is 2.26. The Labute approximate surface area is 183 Å². The number of carbonyl (C=O) groups is 1. The first-order chi connectivity index (χ1) is 14.5. The normalized spacial score (nSPS) is 16.6. The van der Waals surface area contributed by atoms with E-state index in [-0.39, 0.29) is 17.9 Å². The fraction of sp³-hybridized carbons (Fsp3) is 0.400. The van der Waals surface area contributed by atoms with E-state index in [1.807, 2.05) is 24.3 Å². The first kappa shape index (κ1) is 21.0. The van der Waals surface area contributed by atoms with Gasteiger partial charge in [-0.2, -0.15) is 0 Å². The summed E-state index contributed by atoms with van der Waals surface area (Å²) in [5, 5.41) is 5.21. The molecule has 1 atom stereocenters. The Morgan fingerprint density at radius 2 is 1.90 bits per heavy atom. The molecule has 0 aliphatic carbocycles. The van der Waals surface area contributed by atoms with E-state index in [0.717, 1.165) is 49.6 Å². The molecule has 4 nitrogen and oxygen atoms in total. The molecule has 30 heavy (non-hydrogen) atoms. The monoisotopic (exact) mass is 423 g/mol. The fourth-order valence-corrected chi connectivity index (χ4v) is 4.65. The minimum absolute atomic E-state index is 0.0432. The number of halogens is 1. The number of likely N-dealkylation sites (tertiary alicyclic amines) is 1. The molecule has 1 saturated heterocycles. The smallest absolute Gasteiger partial charge is 0.223 e. The lowest BCUT2D eigenvalue weighted by Gasteiger charge is -2.31. The SMILES string of the molecule is CCn1cc(CN2CCC(C(=O)N[C@H](C)c3ccccc3)CC2)c2cc(Cl)ccc21. The van der Waals surface area contributed by atoms with Crippen molar-refractivity contribution in [2.45, 2.75) is 45.8 Å². The van der Waals surface area contributed by atoms with Crippen molar-refractivity contribution in [3.05, 3.63) is 70.9 Å². The van der Waals surface area contributed by atoms with E-state index in [4.69, 9.17) is 11.6 Å². The summed E-state index contributed by atoms with van der Waals surface area (Å²) in [4.78, 5) is 15.2. The summed E-state index contributed by atoms with van der Waals surface area (Å²) in [5.41, 5.74) is 3.70. The van der Waals surface area contributed by atoms with Crippen LogP contribution in [-0.4, -0.2) is 28.5 Å². The van der Waals surface area contributed by atoms with Crippen LogP contribution in [-0.2, 0) is 17.9 Å². The third-order valence-electron chi connectivity index (χ3n) is 6.28. The lowest BCUT2D eigenvalue weighted by Crippen LogP contribution is -2.40. The summed E-state index contributed by atoms with van der Waals surface area (Å²) in [6, 6.07) is 16.3. The van der Waals surface area contributed by atoms with E-state index >= 15 is 0 Å². The summed E-state index contributed by atoms with van der Waals surface area (Å²) in [6.07, 6.45) is 4.06. The minimum atomic E-state index is 0.0432. The Kier molecular flexibility index (Phi) is 6.45. The summed E-state index contributed by atoms with van der Waals surface area (Å²) >= 11 is 6.26. The fourth-order valence-electron chi connectivity index (χ4n) is 4.48. The molecule has 1 N–H and O–H groups in total. The van der Waals surface area contributed by atoms with Crippen LogP contribution in [0.4, 0.5) is 0 Å². The maximum absolute atomic E-state index is 12.8. The Hall–Kier alpha value is -2.30. The topological polar surface area (TPSA) is 37.3 Å².